The van der Waals surface area contributed by atoms with Gasteiger partial charge < -0.3 is 5.32 Å². The highest BCUT2D eigenvalue weighted by Crippen LogP contribution is 2.20. The molecule has 0 heterocycles. The quantitative estimate of drug-likeness (QED) is 0.802. The Balaban J connectivity index is 1.73. The highest BCUT2D eigenvalue weighted by Gasteiger charge is 2.08. The Hall–Kier alpha value is -1.45. The summed E-state index contributed by atoms with van der Waals surface area (Å²) in [4.78, 5) is 12.9. The molecule has 0 radical (unpaired) electrons. The van der Waals surface area contributed by atoms with Gasteiger partial charge in [-0.3, -0.25) is 4.79 Å². The van der Waals surface area contributed by atoms with Gasteiger partial charge in [0.25, 0.3) is 0 Å². The van der Waals surface area contributed by atoms with Gasteiger partial charge in [-0.05, 0) is 35.7 Å². The Morgan fingerprint density at radius 3 is 2.48 bits per heavy atom. The Morgan fingerprint density at radius 1 is 1.14 bits per heavy atom. The van der Waals surface area contributed by atoms with E-state index in [-0.39, 0.29) is 5.91 Å². The van der Waals surface area contributed by atoms with Gasteiger partial charge in [-0.15, -0.1) is 11.8 Å². The zero-order valence-corrected chi connectivity index (χ0v) is 13.5. The van der Waals surface area contributed by atoms with Crippen molar-refractivity contribution in [3.05, 3.63) is 65.2 Å². The van der Waals surface area contributed by atoms with E-state index in [4.69, 9.17) is 11.6 Å². The van der Waals surface area contributed by atoms with E-state index >= 15 is 0 Å². The molecule has 2 nitrogen and oxygen atoms in total. The van der Waals surface area contributed by atoms with E-state index in [1.807, 2.05) is 42.5 Å². The average molecular weight is 320 g/mol. The molecule has 0 aliphatic heterocycles. The van der Waals surface area contributed by atoms with Crippen LogP contribution in [0, 0.1) is 0 Å². The molecular weight excluding hydrogens is 302 g/mol. The summed E-state index contributed by atoms with van der Waals surface area (Å²) in [6.07, 6.45) is 0. The van der Waals surface area contributed by atoms with Gasteiger partial charge in [0, 0.05) is 16.5 Å². The number of halogens is 1. The van der Waals surface area contributed by atoms with Crippen LogP contribution in [-0.4, -0.2) is 18.2 Å². The summed E-state index contributed by atoms with van der Waals surface area (Å²) < 4.78 is 0. The summed E-state index contributed by atoms with van der Waals surface area (Å²) in [5.74, 6) is 0.789. The zero-order chi connectivity index (χ0) is 15.1. The van der Waals surface area contributed by atoms with Crippen molar-refractivity contribution in [2.75, 3.05) is 12.3 Å². The molecule has 2 aromatic carbocycles. The van der Waals surface area contributed by atoms with Gasteiger partial charge in [0.05, 0.1) is 5.75 Å². The number of hydrogen-bond donors (Lipinski definition) is 1. The fourth-order valence-corrected chi connectivity index (χ4v) is 2.75. The first-order valence-electron chi connectivity index (χ1n) is 6.85. The summed E-state index contributed by atoms with van der Waals surface area (Å²) >= 11 is 7.34. The molecule has 0 saturated heterocycles. The molecule has 0 aromatic heterocycles. The lowest BCUT2D eigenvalue weighted by Crippen LogP contribution is -2.28. The third-order valence-electron chi connectivity index (χ3n) is 3.16. The fraction of sp³-hybridized carbons (Fsp3) is 0.235. The van der Waals surface area contributed by atoms with Crippen LogP contribution >= 0.6 is 23.4 Å². The lowest BCUT2D eigenvalue weighted by Gasteiger charge is -2.13. The van der Waals surface area contributed by atoms with Crippen LogP contribution in [0.2, 0.25) is 5.02 Å². The Kier molecular flexibility index (Phi) is 6.15. The van der Waals surface area contributed by atoms with Crippen LogP contribution in [0.3, 0.4) is 0 Å². The van der Waals surface area contributed by atoms with Crippen LogP contribution in [0.4, 0.5) is 0 Å². The number of benzene rings is 2. The molecule has 1 N–H and O–H groups in total. The van der Waals surface area contributed by atoms with Crippen LogP contribution in [0.15, 0.2) is 59.5 Å². The predicted octanol–water partition coefficient (Wildman–Crippen LogP) is 4.35. The van der Waals surface area contributed by atoms with Crippen molar-refractivity contribution in [2.24, 2.45) is 0 Å². The number of hydrogen-bond acceptors (Lipinski definition) is 2. The minimum atomic E-state index is 0.0535. The van der Waals surface area contributed by atoms with Gasteiger partial charge in [0.1, 0.15) is 0 Å². The molecule has 0 spiro atoms. The van der Waals surface area contributed by atoms with Crippen molar-refractivity contribution < 1.29 is 4.79 Å². The molecule has 1 atom stereocenters. The number of amides is 1. The lowest BCUT2D eigenvalue weighted by molar-refractivity contribution is -0.118. The van der Waals surface area contributed by atoms with Crippen LogP contribution in [0.5, 0.6) is 0 Å². The SMILES string of the molecule is CC(CNC(=O)CSc1ccc(Cl)cc1)c1ccccc1. The molecule has 21 heavy (non-hydrogen) atoms. The summed E-state index contributed by atoms with van der Waals surface area (Å²) in [5, 5.41) is 3.69. The molecule has 0 fully saturated rings. The largest absolute Gasteiger partial charge is 0.355 e. The predicted molar refractivity (Wildman–Crippen MR) is 90.0 cm³/mol. The van der Waals surface area contributed by atoms with Crippen molar-refractivity contribution in [1.82, 2.24) is 5.32 Å². The van der Waals surface area contributed by atoms with Crippen molar-refractivity contribution >= 4 is 29.3 Å². The van der Waals surface area contributed by atoms with E-state index < -0.39 is 0 Å². The first-order chi connectivity index (χ1) is 10.1. The number of thioether (sulfide) groups is 1. The highest BCUT2D eigenvalue weighted by atomic mass is 35.5. The third-order valence-corrected chi connectivity index (χ3v) is 4.42. The van der Waals surface area contributed by atoms with Gasteiger partial charge >= 0.3 is 0 Å². The van der Waals surface area contributed by atoms with Crippen LogP contribution in [0.25, 0.3) is 0 Å². The summed E-state index contributed by atoms with van der Waals surface area (Å²) in [7, 11) is 0. The highest BCUT2D eigenvalue weighted by molar-refractivity contribution is 8.00. The molecule has 4 heteroatoms. The second-order valence-electron chi connectivity index (χ2n) is 4.86. The topological polar surface area (TPSA) is 29.1 Å². The Labute approximate surface area is 134 Å². The van der Waals surface area contributed by atoms with E-state index in [2.05, 4.69) is 24.4 Å². The van der Waals surface area contributed by atoms with Crippen LogP contribution in [0.1, 0.15) is 18.4 Å². The number of rotatable bonds is 6. The summed E-state index contributed by atoms with van der Waals surface area (Å²) in [5.41, 5.74) is 1.24. The second-order valence-corrected chi connectivity index (χ2v) is 6.34. The van der Waals surface area contributed by atoms with E-state index in [9.17, 15) is 4.79 Å². The normalized spacial score (nSPS) is 11.9. The molecular formula is C17H18ClNOS. The molecule has 1 amide bonds. The second kappa shape index (κ2) is 8.11. The molecule has 1 unspecified atom stereocenters. The average Bonchev–Trinajstić information content (AvgIpc) is 2.53. The standard InChI is InChI=1S/C17H18ClNOS/c1-13(14-5-3-2-4-6-14)11-19-17(20)12-21-16-9-7-15(18)8-10-16/h2-10,13H,11-12H2,1H3,(H,19,20). The lowest BCUT2D eigenvalue weighted by atomic mass is 10.0. The van der Waals surface area contributed by atoms with E-state index in [0.29, 0.717) is 23.2 Å². The Morgan fingerprint density at radius 2 is 1.81 bits per heavy atom. The van der Waals surface area contributed by atoms with Crippen LogP contribution in [-0.2, 0) is 4.79 Å². The van der Waals surface area contributed by atoms with Gasteiger partial charge in [0.2, 0.25) is 5.91 Å². The molecule has 0 saturated carbocycles. The third kappa shape index (κ3) is 5.44. The Bertz CT molecular complexity index is 571. The van der Waals surface area contributed by atoms with Gasteiger partial charge in [-0.1, -0.05) is 48.9 Å². The number of carbonyl (C=O) groups excluding carboxylic acids is 1. The van der Waals surface area contributed by atoms with E-state index in [1.54, 1.807) is 0 Å². The molecule has 0 aliphatic rings. The molecule has 0 aliphatic carbocycles. The monoisotopic (exact) mass is 319 g/mol. The van der Waals surface area contributed by atoms with E-state index in [1.165, 1.54) is 17.3 Å². The minimum absolute atomic E-state index is 0.0535. The molecule has 2 aromatic rings. The van der Waals surface area contributed by atoms with Crippen LogP contribution < -0.4 is 5.32 Å². The molecule has 2 rings (SSSR count). The molecule has 110 valence electrons. The number of nitrogens with one attached hydrogen (secondary N) is 1. The van der Waals surface area contributed by atoms with Gasteiger partial charge in [-0.25, -0.2) is 0 Å². The maximum Gasteiger partial charge on any atom is 0.230 e. The maximum atomic E-state index is 11.9. The van der Waals surface area contributed by atoms with Crippen molar-refractivity contribution in [2.45, 2.75) is 17.7 Å². The molecule has 0 bridgehead atoms. The van der Waals surface area contributed by atoms with Crippen molar-refractivity contribution in [3.63, 3.8) is 0 Å². The smallest absolute Gasteiger partial charge is 0.230 e. The van der Waals surface area contributed by atoms with Gasteiger partial charge in [-0.2, -0.15) is 0 Å². The first-order valence-corrected chi connectivity index (χ1v) is 8.21. The van der Waals surface area contributed by atoms with Crippen molar-refractivity contribution in [3.8, 4) is 0 Å². The zero-order valence-electron chi connectivity index (χ0n) is 11.9. The van der Waals surface area contributed by atoms with E-state index in [0.717, 1.165) is 4.90 Å². The fourth-order valence-electron chi connectivity index (χ4n) is 1.90. The summed E-state index contributed by atoms with van der Waals surface area (Å²) in [6, 6.07) is 17.7. The maximum absolute atomic E-state index is 11.9. The number of carbonyl (C=O) groups is 1. The summed E-state index contributed by atoms with van der Waals surface area (Å²) in [6.45, 7) is 2.77. The first kappa shape index (κ1) is 15.9. The van der Waals surface area contributed by atoms with Gasteiger partial charge in [0.15, 0.2) is 0 Å². The van der Waals surface area contributed by atoms with Crippen molar-refractivity contribution in [1.29, 1.82) is 0 Å². The minimum Gasteiger partial charge on any atom is -0.355 e.